The van der Waals surface area contributed by atoms with E-state index in [4.69, 9.17) is 5.26 Å². The third-order valence-corrected chi connectivity index (χ3v) is 4.97. The fourth-order valence-electron chi connectivity index (χ4n) is 3.20. The van der Waals surface area contributed by atoms with Gasteiger partial charge in [0.1, 0.15) is 11.2 Å². The Balaban J connectivity index is 1.96. The van der Waals surface area contributed by atoms with Gasteiger partial charge in [0.2, 0.25) is 0 Å². The van der Waals surface area contributed by atoms with Crippen LogP contribution in [0.25, 0.3) is 0 Å². The van der Waals surface area contributed by atoms with Crippen LogP contribution in [0.2, 0.25) is 0 Å². The van der Waals surface area contributed by atoms with E-state index in [-0.39, 0.29) is 17.8 Å². The molecule has 2 heterocycles. The van der Waals surface area contributed by atoms with Gasteiger partial charge in [0.05, 0.1) is 29.4 Å². The van der Waals surface area contributed by atoms with Crippen molar-refractivity contribution in [3.8, 4) is 6.07 Å². The number of pyridine rings is 1. The number of hydrogen-bond donors (Lipinski definition) is 0. The van der Waals surface area contributed by atoms with Gasteiger partial charge in [0.15, 0.2) is 0 Å². The molecule has 0 saturated carbocycles. The second kappa shape index (κ2) is 7.51. The summed E-state index contributed by atoms with van der Waals surface area (Å²) < 4.78 is 78.0. The Morgan fingerprint density at radius 3 is 2.19 bits per heavy atom. The Morgan fingerprint density at radius 2 is 1.69 bits per heavy atom. The van der Waals surface area contributed by atoms with E-state index >= 15 is 0 Å². The first-order chi connectivity index (χ1) is 14.7. The molecule has 3 amide bonds. The number of carbonyl (C=O) groups is 2. The van der Waals surface area contributed by atoms with Crippen LogP contribution in [0, 0.1) is 11.3 Å². The maximum atomic E-state index is 13.3. The van der Waals surface area contributed by atoms with E-state index < -0.39 is 46.7 Å². The summed E-state index contributed by atoms with van der Waals surface area (Å²) in [6.07, 6.45) is -8.64. The predicted molar refractivity (Wildman–Crippen MR) is 97.9 cm³/mol. The lowest BCUT2D eigenvalue weighted by molar-refractivity contribution is -0.141. The van der Waals surface area contributed by atoms with Crippen LogP contribution in [0.5, 0.6) is 0 Å². The Hall–Kier alpha value is -3.62. The monoisotopic (exact) mass is 456 g/mol. The number of rotatable bonds is 3. The molecule has 0 spiro atoms. The van der Waals surface area contributed by atoms with Crippen molar-refractivity contribution in [2.75, 3.05) is 4.90 Å². The number of aromatic nitrogens is 1. The first-order valence-corrected chi connectivity index (χ1v) is 8.97. The van der Waals surface area contributed by atoms with Crippen LogP contribution >= 0.6 is 0 Å². The highest BCUT2D eigenvalue weighted by atomic mass is 19.4. The average Bonchev–Trinajstić information content (AvgIpc) is 2.86. The van der Waals surface area contributed by atoms with Gasteiger partial charge in [-0.1, -0.05) is 6.07 Å². The smallest absolute Gasteiger partial charge is 0.305 e. The van der Waals surface area contributed by atoms with Gasteiger partial charge in [0, 0.05) is 6.20 Å². The molecule has 0 aliphatic carbocycles. The Morgan fingerprint density at radius 1 is 1.03 bits per heavy atom. The Kier molecular flexibility index (Phi) is 5.41. The maximum Gasteiger partial charge on any atom is 0.433 e. The van der Waals surface area contributed by atoms with E-state index in [1.54, 1.807) is 0 Å². The van der Waals surface area contributed by atoms with Gasteiger partial charge in [-0.05, 0) is 43.7 Å². The second-order valence-corrected chi connectivity index (χ2v) is 7.46. The molecular formula is C20H14F6N4O2. The molecule has 3 rings (SSSR count). The van der Waals surface area contributed by atoms with Gasteiger partial charge in [-0.3, -0.25) is 9.78 Å². The molecule has 12 heteroatoms. The molecule has 1 aliphatic heterocycles. The molecule has 1 aromatic carbocycles. The summed E-state index contributed by atoms with van der Waals surface area (Å²) in [7, 11) is 0. The fourth-order valence-corrected chi connectivity index (χ4v) is 3.20. The highest BCUT2D eigenvalue weighted by Gasteiger charge is 2.52. The zero-order chi connectivity index (χ0) is 24.1. The van der Waals surface area contributed by atoms with Crippen molar-refractivity contribution in [3.05, 3.63) is 58.9 Å². The largest absolute Gasteiger partial charge is 0.433 e. The fraction of sp³-hybridized carbons (Fsp3) is 0.300. The van der Waals surface area contributed by atoms with E-state index in [0.29, 0.717) is 11.0 Å². The summed E-state index contributed by atoms with van der Waals surface area (Å²) in [5.41, 5.74) is -4.82. The molecule has 6 nitrogen and oxygen atoms in total. The predicted octanol–water partition coefficient (Wildman–Crippen LogP) is 4.74. The molecule has 1 fully saturated rings. The van der Waals surface area contributed by atoms with E-state index in [1.165, 1.54) is 19.9 Å². The van der Waals surface area contributed by atoms with Crippen molar-refractivity contribution in [1.29, 1.82) is 5.26 Å². The molecule has 32 heavy (non-hydrogen) atoms. The average molecular weight is 456 g/mol. The van der Waals surface area contributed by atoms with Crippen molar-refractivity contribution in [2.45, 2.75) is 38.3 Å². The van der Waals surface area contributed by atoms with Crippen molar-refractivity contribution < 1.29 is 35.9 Å². The summed E-state index contributed by atoms with van der Waals surface area (Å²) in [6, 6.07) is 4.70. The number of benzene rings is 1. The Bertz CT molecular complexity index is 1120. The van der Waals surface area contributed by atoms with Gasteiger partial charge < -0.3 is 4.90 Å². The number of carbonyl (C=O) groups excluding carboxylic acids is 2. The number of anilines is 1. The lowest BCUT2D eigenvalue weighted by Gasteiger charge is -2.27. The van der Waals surface area contributed by atoms with E-state index in [2.05, 4.69) is 4.98 Å². The van der Waals surface area contributed by atoms with Gasteiger partial charge in [-0.2, -0.15) is 31.6 Å². The van der Waals surface area contributed by atoms with Crippen LogP contribution in [-0.4, -0.2) is 27.4 Å². The van der Waals surface area contributed by atoms with Crippen molar-refractivity contribution >= 4 is 17.6 Å². The van der Waals surface area contributed by atoms with Gasteiger partial charge in [-0.25, -0.2) is 9.69 Å². The summed E-state index contributed by atoms with van der Waals surface area (Å²) in [6.45, 7) is 2.42. The molecule has 2 aromatic rings. The second-order valence-electron chi connectivity index (χ2n) is 7.46. The minimum atomic E-state index is -4.89. The molecule has 0 N–H and O–H groups in total. The minimum Gasteiger partial charge on any atom is -0.305 e. The number of hydrogen-bond acceptors (Lipinski definition) is 4. The van der Waals surface area contributed by atoms with Crippen molar-refractivity contribution in [1.82, 2.24) is 9.88 Å². The molecule has 1 aromatic heterocycles. The van der Waals surface area contributed by atoms with Gasteiger partial charge >= 0.3 is 18.4 Å². The lowest BCUT2D eigenvalue weighted by atomic mass is 10.0. The molecule has 1 aliphatic rings. The zero-order valence-corrected chi connectivity index (χ0v) is 16.5. The molecule has 168 valence electrons. The normalized spacial score (nSPS) is 16.5. The first-order valence-electron chi connectivity index (χ1n) is 8.97. The molecule has 0 unspecified atom stereocenters. The van der Waals surface area contributed by atoms with E-state index in [0.717, 1.165) is 35.4 Å². The number of imide groups is 1. The lowest BCUT2D eigenvalue weighted by Crippen LogP contribution is -2.43. The van der Waals surface area contributed by atoms with E-state index in [1.807, 2.05) is 0 Å². The number of nitriles is 1. The standard InChI is InChI=1S/C20H14F6N4O2/c1-18(2)16(31)30(13-5-4-12(8-27)14(7-13)19(21,22)23)17(32)29(18)10-11-3-6-15(28-9-11)20(24,25)26/h3-7,9H,10H2,1-2H3. The highest BCUT2D eigenvalue weighted by molar-refractivity contribution is 6.23. The van der Waals surface area contributed by atoms with Crippen LogP contribution in [0.15, 0.2) is 36.5 Å². The number of urea groups is 1. The van der Waals surface area contributed by atoms with Crippen LogP contribution in [0.3, 0.4) is 0 Å². The van der Waals surface area contributed by atoms with Crippen LogP contribution in [0.4, 0.5) is 36.8 Å². The third kappa shape index (κ3) is 3.98. The highest BCUT2D eigenvalue weighted by Crippen LogP contribution is 2.38. The maximum absolute atomic E-state index is 13.3. The molecule has 0 radical (unpaired) electrons. The van der Waals surface area contributed by atoms with Crippen molar-refractivity contribution in [3.63, 3.8) is 0 Å². The zero-order valence-electron chi connectivity index (χ0n) is 16.5. The summed E-state index contributed by atoms with van der Waals surface area (Å²) in [4.78, 5) is 30.7. The van der Waals surface area contributed by atoms with E-state index in [9.17, 15) is 35.9 Å². The molecular weight excluding hydrogens is 442 g/mol. The van der Waals surface area contributed by atoms with Crippen molar-refractivity contribution in [2.24, 2.45) is 0 Å². The SMILES string of the molecule is CC1(C)C(=O)N(c2ccc(C#N)c(C(F)(F)F)c2)C(=O)N1Cc1ccc(C(F)(F)F)nc1. The van der Waals surface area contributed by atoms with Crippen LogP contribution < -0.4 is 4.90 Å². The summed E-state index contributed by atoms with van der Waals surface area (Å²) in [5, 5.41) is 8.92. The molecule has 0 atom stereocenters. The van der Waals surface area contributed by atoms with Gasteiger partial charge in [0.25, 0.3) is 5.91 Å². The summed E-state index contributed by atoms with van der Waals surface area (Å²) >= 11 is 0. The molecule has 0 bridgehead atoms. The minimum absolute atomic E-state index is 0.185. The van der Waals surface area contributed by atoms with Crippen LogP contribution in [-0.2, 0) is 23.7 Å². The number of halogens is 6. The first kappa shape index (κ1) is 23.1. The molecule has 1 saturated heterocycles. The quantitative estimate of drug-likeness (QED) is 0.494. The third-order valence-electron chi connectivity index (χ3n) is 4.97. The topological polar surface area (TPSA) is 77.3 Å². The summed E-state index contributed by atoms with van der Waals surface area (Å²) in [5.74, 6) is -0.833. The van der Waals surface area contributed by atoms with Crippen LogP contribution in [0.1, 0.15) is 36.2 Å². The Labute approximate surface area is 177 Å². The number of nitrogens with zero attached hydrogens (tertiary/aromatic N) is 4. The number of alkyl halides is 6. The van der Waals surface area contributed by atoms with Gasteiger partial charge in [-0.15, -0.1) is 0 Å². The number of amides is 3.